The molecule has 2 heteroatoms. The molecule has 1 heterocycles. The van der Waals surface area contributed by atoms with E-state index in [2.05, 4.69) is 46.0 Å². The molecule has 1 aromatic heterocycles. The van der Waals surface area contributed by atoms with Crippen LogP contribution in [0.4, 0.5) is 0 Å². The van der Waals surface area contributed by atoms with Gasteiger partial charge in [-0.2, -0.15) is 0 Å². The summed E-state index contributed by atoms with van der Waals surface area (Å²) in [6.07, 6.45) is 1.23. The minimum absolute atomic E-state index is 0.485. The van der Waals surface area contributed by atoms with Crippen molar-refractivity contribution in [2.24, 2.45) is 11.3 Å². The third kappa shape index (κ3) is 2.43. The Morgan fingerprint density at radius 2 is 2.06 bits per heavy atom. The van der Waals surface area contributed by atoms with Gasteiger partial charge in [-0.05, 0) is 62.2 Å². The molecule has 0 bridgehead atoms. The van der Waals surface area contributed by atoms with Crippen LogP contribution >= 0.6 is 11.3 Å². The fourth-order valence-electron chi connectivity index (χ4n) is 3.14. The highest BCUT2D eigenvalue weighted by molar-refractivity contribution is 7.12. The van der Waals surface area contributed by atoms with Crippen LogP contribution in [0.25, 0.3) is 0 Å². The van der Waals surface area contributed by atoms with Crippen molar-refractivity contribution in [2.75, 3.05) is 13.1 Å². The molecule has 1 aromatic rings. The molecular weight excluding hydrogens is 226 g/mol. The molecule has 2 unspecified atom stereocenters. The summed E-state index contributed by atoms with van der Waals surface area (Å²) < 4.78 is 0. The number of aryl methyl sites for hydroxylation is 2. The van der Waals surface area contributed by atoms with Crippen molar-refractivity contribution >= 4 is 11.3 Å². The highest BCUT2D eigenvalue weighted by Gasteiger charge is 2.58. The molecule has 0 amide bonds. The van der Waals surface area contributed by atoms with Gasteiger partial charge in [0.05, 0.1) is 0 Å². The van der Waals surface area contributed by atoms with E-state index in [1.54, 1.807) is 5.56 Å². The molecule has 1 nitrogen and oxygen atoms in total. The summed E-state index contributed by atoms with van der Waals surface area (Å²) in [5.41, 5.74) is 2.10. The van der Waals surface area contributed by atoms with E-state index in [0.717, 1.165) is 18.4 Å². The van der Waals surface area contributed by atoms with Crippen LogP contribution in [-0.4, -0.2) is 13.1 Å². The van der Waals surface area contributed by atoms with Gasteiger partial charge in [-0.25, -0.2) is 0 Å². The summed E-state index contributed by atoms with van der Waals surface area (Å²) in [5, 5.41) is 3.58. The zero-order chi connectivity index (χ0) is 12.6. The Bertz CT molecular complexity index is 392. The smallest absolute Gasteiger partial charge is 0.00521 e. The Morgan fingerprint density at radius 1 is 1.35 bits per heavy atom. The summed E-state index contributed by atoms with van der Waals surface area (Å²) in [5.74, 6) is 1.60. The molecule has 2 rings (SSSR count). The monoisotopic (exact) mass is 251 g/mol. The molecule has 17 heavy (non-hydrogen) atoms. The SMILES string of the molecule is CCCNCC1C(c2cc(C)sc2C)C1(C)C. The van der Waals surface area contributed by atoms with Crippen LogP contribution in [0.5, 0.6) is 0 Å². The number of hydrogen-bond acceptors (Lipinski definition) is 2. The Kier molecular flexibility index (Phi) is 3.65. The van der Waals surface area contributed by atoms with Crippen molar-refractivity contribution < 1.29 is 0 Å². The molecule has 1 N–H and O–H groups in total. The van der Waals surface area contributed by atoms with Crippen LogP contribution in [0.3, 0.4) is 0 Å². The third-order valence-corrected chi connectivity index (χ3v) is 5.24. The van der Waals surface area contributed by atoms with Crippen molar-refractivity contribution in [3.63, 3.8) is 0 Å². The lowest BCUT2D eigenvalue weighted by Crippen LogP contribution is -2.19. The molecule has 96 valence electrons. The fraction of sp³-hybridized carbons (Fsp3) is 0.733. The van der Waals surface area contributed by atoms with Crippen molar-refractivity contribution in [3.05, 3.63) is 21.4 Å². The van der Waals surface area contributed by atoms with Crippen LogP contribution in [0.1, 0.15) is 48.4 Å². The van der Waals surface area contributed by atoms with E-state index < -0.39 is 0 Å². The first-order chi connectivity index (χ1) is 7.98. The van der Waals surface area contributed by atoms with Gasteiger partial charge in [-0.3, -0.25) is 0 Å². The summed E-state index contributed by atoms with van der Waals surface area (Å²) in [7, 11) is 0. The molecule has 1 fully saturated rings. The predicted octanol–water partition coefficient (Wildman–Crippen LogP) is 4.10. The molecule has 1 aliphatic carbocycles. The second-order valence-electron chi connectivity index (χ2n) is 5.98. The maximum Gasteiger partial charge on any atom is 0.00521 e. The van der Waals surface area contributed by atoms with Crippen molar-refractivity contribution in [1.29, 1.82) is 0 Å². The van der Waals surface area contributed by atoms with Gasteiger partial charge in [0.1, 0.15) is 0 Å². The zero-order valence-electron chi connectivity index (χ0n) is 11.8. The van der Waals surface area contributed by atoms with Crippen LogP contribution in [0.15, 0.2) is 6.07 Å². The lowest BCUT2D eigenvalue weighted by atomic mass is 10.0. The first-order valence-electron chi connectivity index (χ1n) is 6.76. The molecular formula is C15H25NS. The number of thiophene rings is 1. The second-order valence-corrected chi connectivity index (χ2v) is 7.44. The zero-order valence-corrected chi connectivity index (χ0v) is 12.6. The van der Waals surface area contributed by atoms with Gasteiger partial charge in [0.15, 0.2) is 0 Å². The normalized spacial score (nSPS) is 26.2. The van der Waals surface area contributed by atoms with E-state index in [1.165, 1.54) is 22.7 Å². The minimum atomic E-state index is 0.485. The number of rotatable bonds is 5. The third-order valence-electron chi connectivity index (χ3n) is 4.26. The van der Waals surface area contributed by atoms with E-state index in [4.69, 9.17) is 0 Å². The van der Waals surface area contributed by atoms with Gasteiger partial charge in [0.25, 0.3) is 0 Å². The molecule has 0 radical (unpaired) electrons. The number of hydrogen-bond donors (Lipinski definition) is 1. The molecule has 0 aliphatic heterocycles. The quantitative estimate of drug-likeness (QED) is 0.777. The maximum atomic E-state index is 3.58. The Hall–Kier alpha value is -0.340. The molecule has 0 saturated heterocycles. The predicted molar refractivity (Wildman–Crippen MR) is 77.0 cm³/mol. The van der Waals surface area contributed by atoms with E-state index in [9.17, 15) is 0 Å². The van der Waals surface area contributed by atoms with E-state index in [-0.39, 0.29) is 0 Å². The number of nitrogens with one attached hydrogen (secondary N) is 1. The van der Waals surface area contributed by atoms with Gasteiger partial charge in [-0.15, -0.1) is 11.3 Å². The van der Waals surface area contributed by atoms with Crippen molar-refractivity contribution in [1.82, 2.24) is 5.32 Å². The first kappa shape index (κ1) is 13.1. The van der Waals surface area contributed by atoms with E-state index in [0.29, 0.717) is 5.41 Å². The van der Waals surface area contributed by atoms with Crippen LogP contribution in [-0.2, 0) is 0 Å². The van der Waals surface area contributed by atoms with Crippen LogP contribution in [0, 0.1) is 25.2 Å². The average Bonchev–Trinajstić information content (AvgIpc) is 2.58. The largest absolute Gasteiger partial charge is 0.316 e. The second kappa shape index (κ2) is 4.74. The Balaban J connectivity index is 2.05. The summed E-state index contributed by atoms with van der Waals surface area (Å²) >= 11 is 1.95. The standard InChI is InChI=1S/C15H25NS/c1-6-7-16-9-13-14(15(13,4)5)12-8-10(2)17-11(12)3/h8,13-14,16H,6-7,9H2,1-5H3. The van der Waals surface area contributed by atoms with E-state index in [1.807, 2.05) is 11.3 Å². The fourth-order valence-corrected chi connectivity index (χ4v) is 4.11. The highest BCUT2D eigenvalue weighted by Crippen LogP contribution is 2.65. The van der Waals surface area contributed by atoms with E-state index >= 15 is 0 Å². The highest BCUT2D eigenvalue weighted by atomic mass is 32.1. The lowest BCUT2D eigenvalue weighted by molar-refractivity contribution is 0.518. The van der Waals surface area contributed by atoms with Crippen LogP contribution < -0.4 is 5.32 Å². The van der Waals surface area contributed by atoms with Gasteiger partial charge >= 0.3 is 0 Å². The summed E-state index contributed by atoms with van der Waals surface area (Å²) in [6.45, 7) is 13.9. The molecule has 0 spiro atoms. The molecule has 1 saturated carbocycles. The van der Waals surface area contributed by atoms with Crippen LogP contribution in [0.2, 0.25) is 0 Å². The lowest BCUT2D eigenvalue weighted by Gasteiger charge is -2.03. The van der Waals surface area contributed by atoms with Crippen molar-refractivity contribution in [3.8, 4) is 0 Å². The molecule has 0 aromatic carbocycles. The first-order valence-corrected chi connectivity index (χ1v) is 7.57. The van der Waals surface area contributed by atoms with Gasteiger partial charge in [-0.1, -0.05) is 20.8 Å². The Labute approximate surface area is 110 Å². The van der Waals surface area contributed by atoms with Gasteiger partial charge in [0.2, 0.25) is 0 Å². The average molecular weight is 251 g/mol. The van der Waals surface area contributed by atoms with Crippen molar-refractivity contribution in [2.45, 2.75) is 47.0 Å². The van der Waals surface area contributed by atoms with Gasteiger partial charge < -0.3 is 5.32 Å². The van der Waals surface area contributed by atoms with Gasteiger partial charge in [0, 0.05) is 9.75 Å². The summed E-state index contributed by atoms with van der Waals surface area (Å²) in [4.78, 5) is 2.99. The summed E-state index contributed by atoms with van der Waals surface area (Å²) in [6, 6.07) is 2.41. The maximum absolute atomic E-state index is 3.58. The molecule has 2 atom stereocenters. The minimum Gasteiger partial charge on any atom is -0.316 e. The Morgan fingerprint density at radius 3 is 2.59 bits per heavy atom. The topological polar surface area (TPSA) is 12.0 Å². The molecule has 1 aliphatic rings.